The highest BCUT2D eigenvalue weighted by atomic mass is 79.9. The van der Waals surface area contributed by atoms with E-state index in [-0.39, 0.29) is 5.78 Å². The summed E-state index contributed by atoms with van der Waals surface area (Å²) < 4.78 is 6.40. The van der Waals surface area contributed by atoms with Gasteiger partial charge in [0.1, 0.15) is 5.75 Å². The van der Waals surface area contributed by atoms with Gasteiger partial charge in [-0.1, -0.05) is 46.6 Å². The Bertz CT molecular complexity index is 605. The van der Waals surface area contributed by atoms with E-state index in [9.17, 15) is 4.79 Å². The topological polar surface area (TPSA) is 26.3 Å². The maximum Gasteiger partial charge on any atom is 0.196 e. The van der Waals surface area contributed by atoms with Gasteiger partial charge in [0, 0.05) is 15.1 Å². The molecule has 20 heavy (non-hydrogen) atoms. The van der Waals surface area contributed by atoms with E-state index in [1.54, 1.807) is 24.3 Å². The number of ether oxygens (including phenoxy) is 1. The molecule has 0 bridgehead atoms. The molecule has 4 heteroatoms. The summed E-state index contributed by atoms with van der Waals surface area (Å²) in [5, 5.41) is 0.523. The summed E-state index contributed by atoms with van der Waals surface area (Å²) in [6.07, 6.45) is 0.894. The molecule has 0 amide bonds. The smallest absolute Gasteiger partial charge is 0.196 e. The molecule has 0 heterocycles. The first kappa shape index (κ1) is 15.1. The van der Waals surface area contributed by atoms with Crippen LogP contribution in [0.15, 0.2) is 46.9 Å². The van der Waals surface area contributed by atoms with Gasteiger partial charge in [-0.15, -0.1) is 0 Å². The van der Waals surface area contributed by atoms with Crippen LogP contribution in [-0.4, -0.2) is 12.4 Å². The first-order valence-electron chi connectivity index (χ1n) is 6.34. The third-order valence-corrected chi connectivity index (χ3v) is 3.39. The van der Waals surface area contributed by atoms with Crippen LogP contribution >= 0.6 is 27.5 Å². The van der Waals surface area contributed by atoms with Crippen molar-refractivity contribution in [2.45, 2.75) is 13.3 Å². The predicted octanol–water partition coefficient (Wildman–Crippen LogP) is 5.12. The lowest BCUT2D eigenvalue weighted by atomic mass is 10.0. The summed E-state index contributed by atoms with van der Waals surface area (Å²) in [5.74, 6) is 0.510. The molecule has 2 nitrogen and oxygen atoms in total. The highest BCUT2D eigenvalue weighted by Crippen LogP contribution is 2.25. The van der Waals surface area contributed by atoms with Crippen molar-refractivity contribution in [2.24, 2.45) is 0 Å². The third-order valence-electron chi connectivity index (χ3n) is 2.72. The number of halogens is 2. The highest BCUT2D eigenvalue weighted by Gasteiger charge is 2.15. The van der Waals surface area contributed by atoms with E-state index in [0.29, 0.717) is 28.5 Å². The quantitative estimate of drug-likeness (QED) is 0.697. The Morgan fingerprint density at radius 2 is 2.00 bits per heavy atom. The van der Waals surface area contributed by atoms with E-state index in [0.717, 1.165) is 10.9 Å². The molecular formula is C16H14BrClO2. The van der Waals surface area contributed by atoms with E-state index in [1.165, 1.54) is 0 Å². The van der Waals surface area contributed by atoms with Gasteiger partial charge in [0.05, 0.1) is 12.2 Å². The van der Waals surface area contributed by atoms with Crippen molar-refractivity contribution >= 4 is 33.3 Å². The van der Waals surface area contributed by atoms with Crippen molar-refractivity contribution in [3.05, 3.63) is 63.1 Å². The summed E-state index contributed by atoms with van der Waals surface area (Å²) in [6.45, 7) is 2.61. The minimum atomic E-state index is -0.0973. The Labute approximate surface area is 131 Å². The normalized spacial score (nSPS) is 10.3. The number of carbonyl (C=O) groups excluding carboxylic acids is 1. The van der Waals surface area contributed by atoms with Crippen LogP contribution in [0.4, 0.5) is 0 Å². The highest BCUT2D eigenvalue weighted by molar-refractivity contribution is 9.10. The molecule has 0 N–H and O–H groups in total. The zero-order valence-electron chi connectivity index (χ0n) is 11.0. The monoisotopic (exact) mass is 352 g/mol. The fraction of sp³-hybridized carbons (Fsp3) is 0.188. The van der Waals surface area contributed by atoms with Gasteiger partial charge in [-0.25, -0.2) is 0 Å². The lowest BCUT2D eigenvalue weighted by Gasteiger charge is -2.10. The van der Waals surface area contributed by atoms with E-state index < -0.39 is 0 Å². The van der Waals surface area contributed by atoms with Crippen LogP contribution < -0.4 is 4.74 Å². The molecule has 0 spiro atoms. The maximum atomic E-state index is 12.6. The van der Waals surface area contributed by atoms with Crippen molar-refractivity contribution in [3.8, 4) is 5.75 Å². The van der Waals surface area contributed by atoms with Gasteiger partial charge < -0.3 is 4.74 Å². The molecule has 0 saturated carbocycles. The third kappa shape index (κ3) is 3.62. The van der Waals surface area contributed by atoms with Crippen molar-refractivity contribution in [3.63, 3.8) is 0 Å². The minimum absolute atomic E-state index is 0.0973. The van der Waals surface area contributed by atoms with Gasteiger partial charge in [0.15, 0.2) is 5.78 Å². The van der Waals surface area contributed by atoms with E-state index in [4.69, 9.17) is 16.3 Å². The van der Waals surface area contributed by atoms with E-state index in [2.05, 4.69) is 15.9 Å². The lowest BCUT2D eigenvalue weighted by Crippen LogP contribution is -2.06. The van der Waals surface area contributed by atoms with Gasteiger partial charge in [-0.05, 0) is 36.8 Å². The Morgan fingerprint density at radius 1 is 1.25 bits per heavy atom. The second kappa shape index (κ2) is 6.91. The van der Waals surface area contributed by atoms with Crippen LogP contribution in [-0.2, 0) is 0 Å². The molecule has 2 aromatic rings. The number of para-hydroxylation sites is 1. The summed E-state index contributed by atoms with van der Waals surface area (Å²) in [4.78, 5) is 12.6. The minimum Gasteiger partial charge on any atom is -0.493 e. The molecule has 0 aliphatic heterocycles. The van der Waals surface area contributed by atoms with Gasteiger partial charge >= 0.3 is 0 Å². The van der Waals surface area contributed by atoms with Crippen molar-refractivity contribution < 1.29 is 9.53 Å². The Kier molecular flexibility index (Phi) is 5.21. The first-order valence-corrected chi connectivity index (χ1v) is 7.51. The molecule has 0 fully saturated rings. The molecule has 0 unspecified atom stereocenters. The van der Waals surface area contributed by atoms with Crippen molar-refractivity contribution in [1.82, 2.24) is 0 Å². The van der Waals surface area contributed by atoms with Gasteiger partial charge in [-0.3, -0.25) is 4.79 Å². The number of carbonyl (C=O) groups is 1. The number of ketones is 1. The number of hydrogen-bond acceptors (Lipinski definition) is 2. The molecule has 2 aromatic carbocycles. The summed E-state index contributed by atoms with van der Waals surface area (Å²) in [7, 11) is 0. The zero-order chi connectivity index (χ0) is 14.5. The van der Waals surface area contributed by atoms with Crippen LogP contribution in [0, 0.1) is 0 Å². The maximum absolute atomic E-state index is 12.6. The van der Waals surface area contributed by atoms with Gasteiger partial charge in [0.25, 0.3) is 0 Å². The molecule has 0 aliphatic rings. The average molecular weight is 354 g/mol. The van der Waals surface area contributed by atoms with Crippen LogP contribution in [0.3, 0.4) is 0 Å². The van der Waals surface area contributed by atoms with Gasteiger partial charge in [-0.2, -0.15) is 0 Å². The molecule has 0 radical (unpaired) electrons. The lowest BCUT2D eigenvalue weighted by molar-refractivity contribution is 0.103. The number of benzene rings is 2. The van der Waals surface area contributed by atoms with Crippen LogP contribution in [0.1, 0.15) is 29.3 Å². The molecular weight excluding hydrogens is 340 g/mol. The Morgan fingerprint density at radius 3 is 2.70 bits per heavy atom. The molecule has 104 valence electrons. The van der Waals surface area contributed by atoms with E-state index >= 15 is 0 Å². The van der Waals surface area contributed by atoms with Crippen molar-refractivity contribution in [1.29, 1.82) is 0 Å². The fourth-order valence-electron chi connectivity index (χ4n) is 1.83. The largest absolute Gasteiger partial charge is 0.493 e. The fourth-order valence-corrected chi connectivity index (χ4v) is 2.69. The van der Waals surface area contributed by atoms with Crippen molar-refractivity contribution in [2.75, 3.05) is 6.61 Å². The average Bonchev–Trinajstić information content (AvgIpc) is 2.43. The van der Waals surface area contributed by atoms with Crippen LogP contribution in [0.2, 0.25) is 5.02 Å². The number of hydrogen-bond donors (Lipinski definition) is 0. The molecule has 0 atom stereocenters. The molecule has 0 saturated heterocycles. The SMILES string of the molecule is CCCOc1ccccc1C(=O)c1cc(Cl)cc(Br)c1. The zero-order valence-corrected chi connectivity index (χ0v) is 13.4. The van der Waals surface area contributed by atoms with Crippen LogP contribution in [0.25, 0.3) is 0 Å². The Hall–Kier alpha value is -1.32. The van der Waals surface area contributed by atoms with Crippen LogP contribution in [0.5, 0.6) is 5.75 Å². The number of rotatable bonds is 5. The standard InChI is InChI=1S/C16H14BrClO2/c1-2-7-20-15-6-4-3-5-14(15)16(19)11-8-12(17)10-13(18)9-11/h3-6,8-10H,2,7H2,1H3. The molecule has 0 aliphatic carbocycles. The first-order chi connectivity index (χ1) is 9.61. The van der Waals surface area contributed by atoms with E-state index in [1.807, 2.05) is 25.1 Å². The second-order valence-corrected chi connectivity index (χ2v) is 5.68. The Balaban J connectivity index is 2.37. The molecule has 2 rings (SSSR count). The predicted molar refractivity (Wildman–Crippen MR) is 84.8 cm³/mol. The summed E-state index contributed by atoms with van der Waals surface area (Å²) >= 11 is 9.34. The van der Waals surface area contributed by atoms with Gasteiger partial charge in [0.2, 0.25) is 0 Å². The second-order valence-electron chi connectivity index (χ2n) is 4.33. The molecule has 0 aromatic heterocycles. The summed E-state index contributed by atoms with van der Waals surface area (Å²) in [5.41, 5.74) is 1.09. The summed E-state index contributed by atoms with van der Waals surface area (Å²) in [6, 6.07) is 12.4.